The van der Waals surface area contributed by atoms with Gasteiger partial charge in [-0.05, 0) is 62.3 Å². The molecule has 2 heterocycles. The number of hydrogen-bond acceptors (Lipinski definition) is 4. The maximum absolute atomic E-state index is 12.6. The first kappa shape index (κ1) is 22.6. The van der Waals surface area contributed by atoms with Gasteiger partial charge in [0.2, 0.25) is 5.91 Å². The lowest BCUT2D eigenvalue weighted by Gasteiger charge is -2.33. The Kier molecular flexibility index (Phi) is 7.40. The number of nitrogens with zero attached hydrogens (tertiary/aromatic N) is 2. The zero-order valence-electron chi connectivity index (χ0n) is 19.0. The predicted octanol–water partition coefficient (Wildman–Crippen LogP) is 3.48. The van der Waals surface area contributed by atoms with E-state index in [2.05, 4.69) is 44.0 Å². The summed E-state index contributed by atoms with van der Waals surface area (Å²) in [6.45, 7) is 11.6. The lowest BCUT2D eigenvalue weighted by Crippen LogP contribution is -2.45. The molecule has 0 aromatic heterocycles. The van der Waals surface area contributed by atoms with Gasteiger partial charge in [0.05, 0.1) is 5.69 Å². The number of fused-ring (bicyclic) bond motifs is 1. The second kappa shape index (κ2) is 9.82. The second-order valence-electron chi connectivity index (χ2n) is 9.27. The smallest absolute Gasteiger partial charge is 0.265 e. The SMILES string of the molecule is CCC(C)(C)c1ccc2c(c1)N(CC(=O)NCCCN1CCCC[C@H]1C)C(=O)CO2. The molecule has 1 aromatic carbocycles. The van der Waals surface area contributed by atoms with Crippen molar-refractivity contribution < 1.29 is 14.3 Å². The van der Waals surface area contributed by atoms with Gasteiger partial charge in [-0.1, -0.05) is 33.3 Å². The second-order valence-corrected chi connectivity index (χ2v) is 9.27. The summed E-state index contributed by atoms with van der Waals surface area (Å²) in [5.74, 6) is 0.367. The minimum absolute atomic E-state index is 0.00492. The van der Waals surface area contributed by atoms with Crippen LogP contribution in [0.15, 0.2) is 18.2 Å². The van der Waals surface area contributed by atoms with Crippen molar-refractivity contribution in [3.05, 3.63) is 23.8 Å². The molecule has 1 atom stereocenters. The van der Waals surface area contributed by atoms with Crippen molar-refractivity contribution in [2.45, 2.75) is 71.3 Å². The highest BCUT2D eigenvalue weighted by Crippen LogP contribution is 2.37. The van der Waals surface area contributed by atoms with Gasteiger partial charge >= 0.3 is 0 Å². The molecule has 0 unspecified atom stereocenters. The molecular formula is C24H37N3O3. The predicted molar refractivity (Wildman–Crippen MR) is 120 cm³/mol. The first-order valence-corrected chi connectivity index (χ1v) is 11.4. The normalized spacial score (nSPS) is 19.9. The largest absolute Gasteiger partial charge is 0.482 e. The summed E-state index contributed by atoms with van der Waals surface area (Å²) in [7, 11) is 0. The summed E-state index contributed by atoms with van der Waals surface area (Å²) in [6.07, 6.45) is 5.77. The molecule has 1 fully saturated rings. The Bertz CT molecular complexity index is 762. The fourth-order valence-electron chi connectivity index (χ4n) is 4.20. The van der Waals surface area contributed by atoms with Gasteiger partial charge < -0.3 is 15.0 Å². The van der Waals surface area contributed by atoms with Gasteiger partial charge in [-0.3, -0.25) is 14.5 Å². The number of hydrogen-bond donors (Lipinski definition) is 1. The first-order valence-electron chi connectivity index (χ1n) is 11.4. The molecule has 2 aliphatic rings. The monoisotopic (exact) mass is 415 g/mol. The Morgan fingerprint density at radius 1 is 1.30 bits per heavy atom. The van der Waals surface area contributed by atoms with Gasteiger partial charge in [-0.25, -0.2) is 0 Å². The molecule has 2 amide bonds. The van der Waals surface area contributed by atoms with E-state index in [1.165, 1.54) is 19.3 Å². The number of piperidine rings is 1. The highest BCUT2D eigenvalue weighted by molar-refractivity contribution is 6.02. The lowest BCUT2D eigenvalue weighted by molar-refractivity contribution is -0.125. The van der Waals surface area contributed by atoms with Gasteiger partial charge in [-0.15, -0.1) is 0 Å². The molecule has 0 saturated carbocycles. The van der Waals surface area contributed by atoms with Crippen molar-refractivity contribution in [3.8, 4) is 5.75 Å². The van der Waals surface area contributed by atoms with Crippen LogP contribution in [0.3, 0.4) is 0 Å². The van der Waals surface area contributed by atoms with E-state index in [1.54, 1.807) is 4.90 Å². The number of anilines is 1. The molecule has 166 valence electrons. The minimum atomic E-state index is -0.175. The van der Waals surface area contributed by atoms with Crippen LogP contribution in [0.4, 0.5) is 5.69 Å². The first-order chi connectivity index (χ1) is 14.3. The van der Waals surface area contributed by atoms with Gasteiger partial charge in [0.15, 0.2) is 6.61 Å². The topological polar surface area (TPSA) is 61.9 Å². The van der Waals surface area contributed by atoms with Crippen molar-refractivity contribution in [2.75, 3.05) is 37.7 Å². The summed E-state index contributed by atoms with van der Waals surface area (Å²) in [5, 5.41) is 2.99. The Morgan fingerprint density at radius 2 is 2.10 bits per heavy atom. The third-order valence-corrected chi connectivity index (χ3v) is 6.75. The van der Waals surface area contributed by atoms with E-state index in [0.717, 1.165) is 31.5 Å². The van der Waals surface area contributed by atoms with Crippen LogP contribution in [0.25, 0.3) is 0 Å². The van der Waals surface area contributed by atoms with Crippen LogP contribution in [0.5, 0.6) is 5.75 Å². The van der Waals surface area contributed by atoms with Gasteiger partial charge in [0.1, 0.15) is 12.3 Å². The Morgan fingerprint density at radius 3 is 2.83 bits per heavy atom. The number of benzene rings is 1. The van der Waals surface area contributed by atoms with Crippen molar-refractivity contribution >= 4 is 17.5 Å². The van der Waals surface area contributed by atoms with Crippen LogP contribution < -0.4 is 15.0 Å². The fraction of sp³-hybridized carbons (Fsp3) is 0.667. The molecule has 0 spiro atoms. The van der Waals surface area contributed by atoms with E-state index in [-0.39, 0.29) is 30.4 Å². The fourth-order valence-corrected chi connectivity index (χ4v) is 4.20. The number of amides is 2. The van der Waals surface area contributed by atoms with Crippen LogP contribution >= 0.6 is 0 Å². The third-order valence-electron chi connectivity index (χ3n) is 6.75. The van der Waals surface area contributed by atoms with E-state index in [1.807, 2.05) is 12.1 Å². The highest BCUT2D eigenvalue weighted by Gasteiger charge is 2.29. The maximum atomic E-state index is 12.6. The summed E-state index contributed by atoms with van der Waals surface area (Å²) in [5.41, 5.74) is 1.83. The average Bonchev–Trinajstić information content (AvgIpc) is 2.74. The summed E-state index contributed by atoms with van der Waals surface area (Å²) >= 11 is 0. The van der Waals surface area contributed by atoms with E-state index in [9.17, 15) is 9.59 Å². The zero-order valence-corrected chi connectivity index (χ0v) is 19.0. The molecule has 30 heavy (non-hydrogen) atoms. The number of likely N-dealkylation sites (tertiary alicyclic amines) is 1. The molecule has 0 aliphatic carbocycles. The highest BCUT2D eigenvalue weighted by atomic mass is 16.5. The average molecular weight is 416 g/mol. The van der Waals surface area contributed by atoms with Crippen LogP contribution in [0.2, 0.25) is 0 Å². The molecule has 6 nitrogen and oxygen atoms in total. The molecule has 1 aromatic rings. The standard InChI is InChI=1S/C24H37N3O3/c1-5-24(3,4)19-10-11-21-20(15-19)27(23(29)17-30-21)16-22(28)25-12-8-14-26-13-7-6-9-18(26)2/h10-11,15,18H,5-9,12-14,16-17H2,1-4H3,(H,25,28)/t18-/m1/s1. The van der Waals surface area contributed by atoms with Gasteiger partial charge in [0.25, 0.3) is 5.91 Å². The van der Waals surface area contributed by atoms with Crippen molar-refractivity contribution in [3.63, 3.8) is 0 Å². The lowest BCUT2D eigenvalue weighted by atomic mass is 9.82. The van der Waals surface area contributed by atoms with Gasteiger partial charge in [0, 0.05) is 19.1 Å². The Balaban J connectivity index is 1.57. The Hall–Kier alpha value is -2.08. The maximum Gasteiger partial charge on any atom is 0.265 e. The minimum Gasteiger partial charge on any atom is -0.482 e. The molecular weight excluding hydrogens is 378 g/mol. The van der Waals surface area contributed by atoms with E-state index >= 15 is 0 Å². The summed E-state index contributed by atoms with van der Waals surface area (Å²) in [6, 6.07) is 6.61. The Labute approximate surface area is 180 Å². The van der Waals surface area contributed by atoms with Crippen LogP contribution in [0, 0.1) is 0 Å². The van der Waals surface area contributed by atoms with E-state index in [4.69, 9.17) is 4.74 Å². The molecule has 1 saturated heterocycles. The molecule has 6 heteroatoms. The number of nitrogens with one attached hydrogen (secondary N) is 1. The number of rotatable bonds is 8. The molecule has 1 N–H and O–H groups in total. The molecule has 3 rings (SSSR count). The number of ether oxygens (including phenoxy) is 1. The zero-order chi connectivity index (χ0) is 21.7. The van der Waals surface area contributed by atoms with E-state index in [0.29, 0.717) is 24.0 Å². The van der Waals surface area contributed by atoms with Crippen molar-refractivity contribution in [1.29, 1.82) is 0 Å². The quantitative estimate of drug-likeness (QED) is 0.661. The van der Waals surface area contributed by atoms with Gasteiger partial charge in [-0.2, -0.15) is 0 Å². The van der Waals surface area contributed by atoms with Crippen molar-refractivity contribution in [2.24, 2.45) is 0 Å². The number of carbonyl (C=O) groups excluding carboxylic acids is 2. The summed E-state index contributed by atoms with van der Waals surface area (Å²) < 4.78 is 5.60. The van der Waals surface area contributed by atoms with E-state index < -0.39 is 0 Å². The van der Waals surface area contributed by atoms with Crippen LogP contribution in [0.1, 0.15) is 65.4 Å². The molecule has 2 aliphatic heterocycles. The van der Waals surface area contributed by atoms with Crippen LogP contribution in [-0.4, -0.2) is 55.5 Å². The van der Waals surface area contributed by atoms with Crippen molar-refractivity contribution in [1.82, 2.24) is 10.2 Å². The molecule has 0 radical (unpaired) electrons. The third kappa shape index (κ3) is 5.34. The number of carbonyl (C=O) groups is 2. The summed E-state index contributed by atoms with van der Waals surface area (Å²) in [4.78, 5) is 29.1. The molecule has 0 bridgehead atoms. The van der Waals surface area contributed by atoms with Crippen LogP contribution in [-0.2, 0) is 15.0 Å².